The largest absolute Gasteiger partial charge is 0.497 e. The molecule has 3 aromatic carbocycles. The van der Waals surface area contributed by atoms with Crippen LogP contribution in [0.4, 0.5) is 17.1 Å². The van der Waals surface area contributed by atoms with E-state index in [0.29, 0.717) is 28.2 Å². The molecule has 0 bridgehead atoms. The van der Waals surface area contributed by atoms with Crippen molar-refractivity contribution in [1.29, 1.82) is 0 Å². The van der Waals surface area contributed by atoms with Crippen LogP contribution in [0.5, 0.6) is 5.75 Å². The smallest absolute Gasteiger partial charge is 0.269 e. The Hall–Kier alpha value is -4.10. The molecule has 2 N–H and O–H groups in total. The fraction of sp³-hybridized carbons (Fsp3) is 0.0909. The fourth-order valence-corrected chi connectivity index (χ4v) is 4.70. The Morgan fingerprint density at radius 3 is 2.43 bits per heavy atom. The summed E-state index contributed by atoms with van der Waals surface area (Å²) in [7, 11) is -2.35. The first-order valence-electron chi connectivity index (χ1n) is 9.98. The van der Waals surface area contributed by atoms with Crippen molar-refractivity contribution in [1.82, 2.24) is 4.98 Å². The summed E-state index contributed by atoms with van der Waals surface area (Å²) in [6, 6.07) is 16.2. The third kappa shape index (κ3) is 5.88. The maximum atomic E-state index is 12.8. The Morgan fingerprint density at radius 1 is 1.09 bits per heavy atom. The Morgan fingerprint density at radius 2 is 1.77 bits per heavy atom. The Labute approximate surface area is 203 Å². The van der Waals surface area contributed by atoms with Crippen molar-refractivity contribution in [3.63, 3.8) is 0 Å². The van der Waals surface area contributed by atoms with E-state index >= 15 is 0 Å². The number of methoxy groups -OCH3 is 1. The van der Waals surface area contributed by atoms with E-state index in [1.165, 1.54) is 49.6 Å². The molecule has 35 heavy (non-hydrogen) atoms. The lowest BCUT2D eigenvalue weighted by Crippen LogP contribution is -2.13. The second-order valence-corrected chi connectivity index (χ2v) is 9.69. The molecule has 13 heteroatoms. The average molecular weight is 515 g/mol. The minimum atomic E-state index is -3.87. The van der Waals surface area contributed by atoms with Gasteiger partial charge in [-0.3, -0.25) is 19.6 Å². The molecule has 0 aliphatic heterocycles. The lowest BCUT2D eigenvalue weighted by molar-refractivity contribution is -0.384. The highest BCUT2D eigenvalue weighted by molar-refractivity contribution is 7.99. The third-order valence-electron chi connectivity index (χ3n) is 4.68. The number of rotatable bonds is 9. The van der Waals surface area contributed by atoms with Crippen LogP contribution < -0.4 is 14.8 Å². The van der Waals surface area contributed by atoms with Gasteiger partial charge >= 0.3 is 0 Å². The van der Waals surface area contributed by atoms with E-state index in [1.807, 2.05) is 0 Å². The predicted molar refractivity (Wildman–Crippen MR) is 130 cm³/mol. The van der Waals surface area contributed by atoms with Crippen LogP contribution in [0.3, 0.4) is 0 Å². The summed E-state index contributed by atoms with van der Waals surface area (Å²) in [5.41, 5.74) is 1.40. The first-order chi connectivity index (χ1) is 16.7. The molecular weight excluding hydrogens is 496 g/mol. The summed E-state index contributed by atoms with van der Waals surface area (Å²) < 4.78 is 38.7. The van der Waals surface area contributed by atoms with Crippen molar-refractivity contribution in [3.8, 4) is 5.75 Å². The second-order valence-electron chi connectivity index (χ2n) is 7.08. The molecule has 1 heterocycles. The highest BCUT2D eigenvalue weighted by Crippen LogP contribution is 2.27. The van der Waals surface area contributed by atoms with Crippen LogP contribution in [-0.2, 0) is 14.8 Å². The highest BCUT2D eigenvalue weighted by atomic mass is 32.2. The van der Waals surface area contributed by atoms with Gasteiger partial charge in [0.1, 0.15) is 11.3 Å². The molecule has 0 aliphatic carbocycles. The van der Waals surface area contributed by atoms with Crippen molar-refractivity contribution in [2.24, 2.45) is 0 Å². The Kier molecular flexibility index (Phi) is 6.89. The maximum Gasteiger partial charge on any atom is 0.269 e. The number of nitrogens with zero attached hydrogens (tertiary/aromatic N) is 2. The number of nitro benzene ring substituents is 1. The first-order valence-corrected chi connectivity index (χ1v) is 12.4. The van der Waals surface area contributed by atoms with Crippen LogP contribution in [0.2, 0.25) is 0 Å². The Balaban J connectivity index is 1.40. The standard InChI is InChI=1S/C22H18N4O7S2/c1-32-17-8-4-15(5-9-17)25-35(30,31)18-10-11-20-19(12-18)24-22(33-20)34-13-21(27)23-14-2-6-16(7-3-14)26(28)29/h2-12,25H,13H2,1H3,(H,23,27). The van der Waals surface area contributed by atoms with E-state index in [1.54, 1.807) is 24.3 Å². The van der Waals surface area contributed by atoms with Crippen molar-refractivity contribution in [2.75, 3.05) is 22.9 Å². The van der Waals surface area contributed by atoms with Crippen LogP contribution in [0, 0.1) is 10.1 Å². The van der Waals surface area contributed by atoms with Gasteiger partial charge in [0.15, 0.2) is 5.58 Å². The highest BCUT2D eigenvalue weighted by Gasteiger charge is 2.17. The van der Waals surface area contributed by atoms with Gasteiger partial charge in [0, 0.05) is 23.5 Å². The number of benzene rings is 3. The van der Waals surface area contributed by atoms with Crippen LogP contribution in [0.25, 0.3) is 11.1 Å². The van der Waals surface area contributed by atoms with Crippen molar-refractivity contribution in [2.45, 2.75) is 10.1 Å². The number of thioether (sulfide) groups is 1. The minimum Gasteiger partial charge on any atom is -0.497 e. The molecule has 0 spiro atoms. The van der Waals surface area contributed by atoms with Gasteiger partial charge < -0.3 is 14.5 Å². The van der Waals surface area contributed by atoms with Gasteiger partial charge in [-0.25, -0.2) is 13.4 Å². The minimum absolute atomic E-state index is 0.00146. The SMILES string of the molecule is COc1ccc(NS(=O)(=O)c2ccc3oc(SCC(=O)Nc4ccc([N+](=O)[O-])cc4)nc3c2)cc1. The summed E-state index contributed by atoms with van der Waals surface area (Å²) in [5.74, 6) is 0.204. The molecular formula is C22H18N4O7S2. The van der Waals surface area contributed by atoms with Gasteiger partial charge in [0.2, 0.25) is 5.91 Å². The number of oxazole rings is 1. The maximum absolute atomic E-state index is 12.8. The summed E-state index contributed by atoms with van der Waals surface area (Å²) in [4.78, 5) is 26.6. The van der Waals surface area contributed by atoms with Crippen molar-refractivity contribution >= 4 is 55.9 Å². The second kappa shape index (κ2) is 10.0. The zero-order valence-electron chi connectivity index (χ0n) is 18.1. The van der Waals surface area contributed by atoms with E-state index in [4.69, 9.17) is 9.15 Å². The zero-order chi connectivity index (χ0) is 25.0. The number of fused-ring (bicyclic) bond motifs is 1. The molecule has 11 nitrogen and oxygen atoms in total. The van der Waals surface area contributed by atoms with Crippen LogP contribution in [0.15, 0.2) is 81.3 Å². The molecule has 0 fully saturated rings. The van der Waals surface area contributed by atoms with Crippen molar-refractivity contribution in [3.05, 3.63) is 76.8 Å². The number of ether oxygens (including phenoxy) is 1. The molecule has 1 aromatic heterocycles. The van der Waals surface area contributed by atoms with Gasteiger partial charge in [0.05, 0.1) is 22.7 Å². The Bertz CT molecular complexity index is 1480. The molecule has 0 radical (unpaired) electrons. The molecule has 4 rings (SSSR count). The molecule has 0 saturated heterocycles. The number of hydrogen-bond donors (Lipinski definition) is 2. The molecule has 0 aliphatic rings. The number of carbonyl (C=O) groups is 1. The zero-order valence-corrected chi connectivity index (χ0v) is 19.8. The summed E-state index contributed by atoms with van der Waals surface area (Å²) in [5, 5.41) is 13.5. The number of aromatic nitrogens is 1. The first kappa shape index (κ1) is 24.0. The third-order valence-corrected chi connectivity index (χ3v) is 6.89. The van der Waals surface area contributed by atoms with Crippen LogP contribution in [-0.4, -0.2) is 37.1 Å². The summed E-state index contributed by atoms with van der Waals surface area (Å²) in [6.07, 6.45) is 0. The number of sulfonamides is 1. The van der Waals surface area contributed by atoms with Crippen molar-refractivity contribution < 1.29 is 27.3 Å². The van der Waals surface area contributed by atoms with Gasteiger partial charge in [-0.2, -0.15) is 0 Å². The lowest BCUT2D eigenvalue weighted by Gasteiger charge is -2.08. The molecule has 0 unspecified atom stereocenters. The molecule has 4 aromatic rings. The number of non-ortho nitro benzene ring substituents is 1. The molecule has 0 atom stereocenters. The molecule has 180 valence electrons. The number of carbonyl (C=O) groups excluding carboxylic acids is 1. The number of hydrogen-bond acceptors (Lipinski definition) is 9. The molecule has 0 saturated carbocycles. The number of amides is 1. The van der Waals surface area contributed by atoms with Gasteiger partial charge in [-0.05, 0) is 54.6 Å². The van der Waals surface area contributed by atoms with Gasteiger partial charge in [-0.15, -0.1) is 0 Å². The number of anilines is 2. The normalized spacial score (nSPS) is 11.2. The van der Waals surface area contributed by atoms with Crippen LogP contribution in [0.1, 0.15) is 0 Å². The fourth-order valence-electron chi connectivity index (χ4n) is 2.98. The van der Waals surface area contributed by atoms with E-state index < -0.39 is 14.9 Å². The van der Waals surface area contributed by atoms with E-state index in [0.717, 1.165) is 11.8 Å². The predicted octanol–water partition coefficient (Wildman–Crippen LogP) is 4.28. The van der Waals surface area contributed by atoms with Gasteiger partial charge in [-0.1, -0.05) is 11.8 Å². The van der Waals surface area contributed by atoms with E-state index in [2.05, 4.69) is 15.0 Å². The average Bonchev–Trinajstić information content (AvgIpc) is 3.26. The number of nitrogens with one attached hydrogen (secondary N) is 2. The molecule has 1 amide bonds. The van der Waals surface area contributed by atoms with Gasteiger partial charge in [0.25, 0.3) is 20.9 Å². The topological polar surface area (TPSA) is 154 Å². The summed E-state index contributed by atoms with van der Waals surface area (Å²) >= 11 is 1.03. The number of nitro groups is 1. The lowest BCUT2D eigenvalue weighted by atomic mass is 10.3. The van der Waals surface area contributed by atoms with Crippen LogP contribution >= 0.6 is 11.8 Å². The monoisotopic (exact) mass is 514 g/mol. The summed E-state index contributed by atoms with van der Waals surface area (Å²) in [6.45, 7) is 0. The van der Waals surface area contributed by atoms with E-state index in [9.17, 15) is 23.3 Å². The quantitative estimate of drug-likeness (QED) is 0.189. The van der Waals surface area contributed by atoms with E-state index in [-0.39, 0.29) is 27.5 Å².